The van der Waals surface area contributed by atoms with Crippen LogP contribution < -0.4 is 11.5 Å². The Morgan fingerprint density at radius 2 is 2.12 bits per heavy atom. The molecular weight excluding hydrogens is 340 g/mol. The van der Waals surface area contributed by atoms with Gasteiger partial charge in [0, 0.05) is 31.9 Å². The third kappa shape index (κ3) is 2.94. The van der Waals surface area contributed by atoms with Crippen LogP contribution in [0.4, 0.5) is 5.82 Å². The summed E-state index contributed by atoms with van der Waals surface area (Å²) in [5.41, 5.74) is 12.2. The van der Waals surface area contributed by atoms with Gasteiger partial charge in [-0.2, -0.15) is 0 Å². The van der Waals surface area contributed by atoms with Crippen molar-refractivity contribution in [2.45, 2.75) is 30.6 Å². The Balaban J connectivity index is 1.55. The average Bonchev–Trinajstić information content (AvgIpc) is 3.20. The van der Waals surface area contributed by atoms with Gasteiger partial charge in [-0.25, -0.2) is 9.97 Å². The first-order chi connectivity index (χ1) is 12.6. The first-order valence-electron chi connectivity index (χ1n) is 8.70. The van der Waals surface area contributed by atoms with Gasteiger partial charge in [0.15, 0.2) is 6.23 Å². The van der Waals surface area contributed by atoms with Crippen molar-refractivity contribution in [2.24, 2.45) is 5.73 Å². The lowest BCUT2D eigenvalue weighted by molar-refractivity contribution is -0.0682. The summed E-state index contributed by atoms with van der Waals surface area (Å²) in [6.07, 6.45) is -0.293. The standard InChI is InChI=1S/C16H24N6O4/c17-5-9-7-25-4-3-21(9)6-11-12(23)13(24)16(26-11)22-2-1-10-14(18)19-8-20-15(10)22/h1-2,8-9,11-13,16,23-24H,3-7,17H2,(H2,18,19,20)/t9-,11+,12+,13+,16+/m0/s1. The highest BCUT2D eigenvalue weighted by Gasteiger charge is 2.45. The number of rotatable bonds is 4. The van der Waals surface area contributed by atoms with E-state index in [9.17, 15) is 10.2 Å². The normalized spacial score (nSPS) is 33.1. The third-order valence-electron chi connectivity index (χ3n) is 5.19. The van der Waals surface area contributed by atoms with Crippen molar-refractivity contribution >= 4 is 16.9 Å². The van der Waals surface area contributed by atoms with Crippen LogP contribution in [0.2, 0.25) is 0 Å². The number of aromatic nitrogens is 3. The van der Waals surface area contributed by atoms with Crippen LogP contribution in [0.1, 0.15) is 6.23 Å². The average molecular weight is 364 g/mol. The zero-order valence-electron chi connectivity index (χ0n) is 14.3. The molecule has 0 unspecified atom stereocenters. The minimum absolute atomic E-state index is 0.0793. The van der Waals surface area contributed by atoms with E-state index in [2.05, 4.69) is 14.9 Å². The monoisotopic (exact) mass is 364 g/mol. The van der Waals surface area contributed by atoms with Crippen LogP contribution in [0.5, 0.6) is 0 Å². The molecule has 4 rings (SSSR count). The number of nitrogens with two attached hydrogens (primary N) is 2. The van der Waals surface area contributed by atoms with Crippen molar-refractivity contribution < 1.29 is 19.7 Å². The summed E-state index contributed by atoms with van der Waals surface area (Å²) in [6, 6.07) is 1.85. The minimum Gasteiger partial charge on any atom is -0.387 e. The molecule has 10 nitrogen and oxygen atoms in total. The Kier molecular flexibility index (Phi) is 4.78. The van der Waals surface area contributed by atoms with Gasteiger partial charge in [-0.1, -0.05) is 0 Å². The maximum Gasteiger partial charge on any atom is 0.164 e. The highest BCUT2D eigenvalue weighted by molar-refractivity contribution is 5.86. The van der Waals surface area contributed by atoms with Crippen LogP contribution in [0.15, 0.2) is 18.6 Å². The molecule has 0 amide bonds. The molecule has 0 aliphatic carbocycles. The van der Waals surface area contributed by atoms with Gasteiger partial charge in [-0.15, -0.1) is 0 Å². The number of hydrogen-bond acceptors (Lipinski definition) is 9. The molecule has 2 aliphatic heterocycles. The summed E-state index contributed by atoms with van der Waals surface area (Å²) in [7, 11) is 0. The number of ether oxygens (including phenoxy) is 2. The number of morpholine rings is 1. The van der Waals surface area contributed by atoms with E-state index in [4.69, 9.17) is 20.9 Å². The van der Waals surface area contributed by atoms with Gasteiger partial charge in [-0.3, -0.25) is 4.90 Å². The van der Waals surface area contributed by atoms with Crippen molar-refractivity contribution in [1.82, 2.24) is 19.4 Å². The Bertz CT molecular complexity index is 770. The predicted molar refractivity (Wildman–Crippen MR) is 93.1 cm³/mol. The maximum absolute atomic E-state index is 10.5. The molecule has 0 saturated carbocycles. The number of aliphatic hydroxyl groups is 2. The molecular formula is C16H24N6O4. The first-order valence-corrected chi connectivity index (χ1v) is 8.70. The minimum atomic E-state index is -1.08. The lowest BCUT2D eigenvalue weighted by Crippen LogP contribution is -2.53. The van der Waals surface area contributed by atoms with Crippen LogP contribution in [0.3, 0.4) is 0 Å². The first kappa shape index (κ1) is 17.6. The molecule has 2 saturated heterocycles. The van der Waals surface area contributed by atoms with Crippen molar-refractivity contribution in [3.8, 4) is 0 Å². The summed E-state index contributed by atoms with van der Waals surface area (Å²) < 4.78 is 13.1. The summed E-state index contributed by atoms with van der Waals surface area (Å²) >= 11 is 0. The molecule has 26 heavy (non-hydrogen) atoms. The van der Waals surface area contributed by atoms with Crippen molar-refractivity contribution in [3.63, 3.8) is 0 Å². The van der Waals surface area contributed by atoms with Crippen molar-refractivity contribution in [1.29, 1.82) is 0 Å². The molecule has 2 aliphatic rings. The molecule has 5 atom stereocenters. The van der Waals surface area contributed by atoms with Gasteiger partial charge < -0.3 is 35.7 Å². The van der Waals surface area contributed by atoms with E-state index in [1.54, 1.807) is 16.8 Å². The second-order valence-corrected chi connectivity index (χ2v) is 6.72. The Morgan fingerprint density at radius 3 is 2.92 bits per heavy atom. The van der Waals surface area contributed by atoms with Crippen LogP contribution in [0, 0.1) is 0 Å². The molecule has 0 aromatic carbocycles. The van der Waals surface area contributed by atoms with E-state index in [-0.39, 0.29) is 6.04 Å². The Hall–Kier alpha value is -1.82. The van der Waals surface area contributed by atoms with Gasteiger partial charge in [0.1, 0.15) is 36.1 Å². The molecule has 0 spiro atoms. The van der Waals surface area contributed by atoms with E-state index >= 15 is 0 Å². The van der Waals surface area contributed by atoms with E-state index in [0.717, 1.165) is 0 Å². The van der Waals surface area contributed by atoms with E-state index in [1.807, 2.05) is 0 Å². The molecule has 2 aromatic rings. The highest BCUT2D eigenvalue weighted by Crippen LogP contribution is 2.33. The van der Waals surface area contributed by atoms with Crippen LogP contribution in [0.25, 0.3) is 11.0 Å². The molecule has 2 fully saturated rings. The second-order valence-electron chi connectivity index (χ2n) is 6.72. The summed E-state index contributed by atoms with van der Waals surface area (Å²) in [5.74, 6) is 0.359. The Morgan fingerprint density at radius 1 is 1.27 bits per heavy atom. The lowest BCUT2D eigenvalue weighted by Gasteiger charge is -2.36. The van der Waals surface area contributed by atoms with Crippen LogP contribution in [-0.2, 0) is 9.47 Å². The van der Waals surface area contributed by atoms with Crippen LogP contribution >= 0.6 is 0 Å². The van der Waals surface area contributed by atoms with E-state index < -0.39 is 24.5 Å². The largest absolute Gasteiger partial charge is 0.387 e. The molecule has 2 aromatic heterocycles. The fourth-order valence-corrected chi connectivity index (χ4v) is 3.68. The fraction of sp³-hybridized carbons (Fsp3) is 0.625. The molecule has 4 heterocycles. The van der Waals surface area contributed by atoms with Gasteiger partial charge in [0.25, 0.3) is 0 Å². The molecule has 0 bridgehead atoms. The topological polar surface area (TPSA) is 145 Å². The summed E-state index contributed by atoms with van der Waals surface area (Å²) in [5, 5.41) is 21.7. The van der Waals surface area contributed by atoms with Gasteiger partial charge in [0.05, 0.1) is 18.6 Å². The van der Waals surface area contributed by atoms with Gasteiger partial charge >= 0.3 is 0 Å². The third-order valence-corrected chi connectivity index (χ3v) is 5.19. The van der Waals surface area contributed by atoms with Crippen molar-refractivity contribution in [2.75, 3.05) is 38.6 Å². The summed E-state index contributed by atoms with van der Waals surface area (Å²) in [4.78, 5) is 10.3. The number of fused-ring (bicyclic) bond motifs is 1. The summed E-state index contributed by atoms with van der Waals surface area (Å²) in [6.45, 7) is 2.82. The molecule has 6 N–H and O–H groups in total. The van der Waals surface area contributed by atoms with E-state index in [0.29, 0.717) is 49.7 Å². The quantitative estimate of drug-likeness (QED) is 0.498. The van der Waals surface area contributed by atoms with E-state index in [1.165, 1.54) is 6.33 Å². The lowest BCUT2D eigenvalue weighted by atomic mass is 10.1. The second kappa shape index (κ2) is 7.06. The Labute approximate surface area is 150 Å². The van der Waals surface area contributed by atoms with Crippen molar-refractivity contribution in [3.05, 3.63) is 18.6 Å². The molecule has 10 heteroatoms. The van der Waals surface area contributed by atoms with Gasteiger partial charge in [-0.05, 0) is 6.07 Å². The van der Waals surface area contributed by atoms with Crippen LogP contribution in [-0.4, -0.2) is 86.8 Å². The maximum atomic E-state index is 10.5. The predicted octanol–water partition coefficient (Wildman–Crippen LogP) is -1.71. The SMILES string of the molecule is NC[C@H]1COCCN1C[C@H]1O[C@@H](n2ccc3c(N)ncnc32)[C@H](O)[C@@H]1O. The van der Waals surface area contributed by atoms with Gasteiger partial charge in [0.2, 0.25) is 0 Å². The fourth-order valence-electron chi connectivity index (χ4n) is 3.68. The zero-order chi connectivity index (χ0) is 18.3. The molecule has 0 radical (unpaired) electrons. The number of anilines is 1. The highest BCUT2D eigenvalue weighted by atomic mass is 16.6. The molecule has 142 valence electrons. The zero-order valence-corrected chi connectivity index (χ0v) is 14.3. The smallest absolute Gasteiger partial charge is 0.164 e. The number of aliphatic hydroxyl groups excluding tert-OH is 2. The number of hydrogen-bond donors (Lipinski definition) is 4. The number of nitrogen functional groups attached to an aromatic ring is 1. The number of nitrogens with zero attached hydrogens (tertiary/aromatic N) is 4.